The minimum Gasteiger partial charge on any atom is -0.461 e. The third-order valence-corrected chi connectivity index (χ3v) is 8.92. The van der Waals surface area contributed by atoms with E-state index in [0.717, 1.165) is 24.8 Å². The van der Waals surface area contributed by atoms with Crippen LogP contribution in [-0.2, 0) is 30.3 Å². The molecule has 1 spiro atoms. The van der Waals surface area contributed by atoms with Gasteiger partial charge in [-0.15, -0.1) is 0 Å². The standard InChI is InChI=1S/C30H46O5/c1-7-19(2)13-20(3)25-14-27-29(33-25)22(5)17-30(35-27)16-21(4)23(6)26(34-30)15-28(31)32-18-24-11-9-8-10-12-24/h8-12,19-23,25-27,29H,7,13-18H2,1-6H3/t19-,20-,21-,22-,23-,25-,26-,27-,29-,30+/m0/s1. The van der Waals surface area contributed by atoms with Crippen molar-refractivity contribution in [3.05, 3.63) is 35.9 Å². The summed E-state index contributed by atoms with van der Waals surface area (Å²) in [6, 6.07) is 9.82. The van der Waals surface area contributed by atoms with Gasteiger partial charge in [0.25, 0.3) is 0 Å². The molecule has 4 rings (SSSR count). The quantitative estimate of drug-likeness (QED) is 0.391. The Labute approximate surface area is 212 Å². The van der Waals surface area contributed by atoms with Gasteiger partial charge in [0.05, 0.1) is 30.8 Å². The zero-order valence-electron chi connectivity index (χ0n) is 22.6. The highest BCUT2D eigenvalue weighted by molar-refractivity contribution is 5.70. The van der Waals surface area contributed by atoms with E-state index in [9.17, 15) is 4.79 Å². The molecule has 0 aromatic heterocycles. The van der Waals surface area contributed by atoms with Crippen LogP contribution in [0.5, 0.6) is 0 Å². The second kappa shape index (κ2) is 11.3. The van der Waals surface area contributed by atoms with Gasteiger partial charge in [-0.1, -0.05) is 78.3 Å². The predicted molar refractivity (Wildman–Crippen MR) is 137 cm³/mol. The molecule has 0 radical (unpaired) electrons. The smallest absolute Gasteiger partial charge is 0.308 e. The number of benzene rings is 1. The zero-order chi connectivity index (χ0) is 25.2. The number of carbonyl (C=O) groups is 1. The molecule has 0 aliphatic carbocycles. The van der Waals surface area contributed by atoms with E-state index in [4.69, 9.17) is 18.9 Å². The Morgan fingerprint density at radius 2 is 1.80 bits per heavy atom. The van der Waals surface area contributed by atoms with Crippen LogP contribution in [-0.4, -0.2) is 36.2 Å². The largest absolute Gasteiger partial charge is 0.461 e. The third kappa shape index (κ3) is 6.29. The SMILES string of the molecule is CC[C@H](C)C[C@H](C)[C@@H]1C[C@@H]2O[C@]3(C[C@H](C)[C@H](C)[C@H](CC(=O)OCc4ccccc4)O3)C[C@H](C)[C@@H]2O1. The topological polar surface area (TPSA) is 54.0 Å². The maximum absolute atomic E-state index is 12.7. The van der Waals surface area contributed by atoms with Crippen LogP contribution in [0.15, 0.2) is 30.3 Å². The summed E-state index contributed by atoms with van der Waals surface area (Å²) in [5.74, 6) is 1.44. The van der Waals surface area contributed by atoms with Crippen molar-refractivity contribution in [2.24, 2.45) is 29.6 Å². The molecule has 1 aromatic carbocycles. The van der Waals surface area contributed by atoms with Gasteiger partial charge in [0.1, 0.15) is 6.61 Å². The molecule has 0 bridgehead atoms. The van der Waals surface area contributed by atoms with E-state index in [1.54, 1.807) is 0 Å². The first-order chi connectivity index (χ1) is 16.7. The summed E-state index contributed by atoms with van der Waals surface area (Å²) in [5, 5.41) is 0. The maximum atomic E-state index is 12.7. The molecule has 0 unspecified atom stereocenters. The average Bonchev–Trinajstić information content (AvgIpc) is 3.26. The molecule has 3 saturated heterocycles. The molecular formula is C30H46O5. The molecule has 5 heteroatoms. The number of ether oxygens (including phenoxy) is 4. The third-order valence-electron chi connectivity index (χ3n) is 8.92. The van der Waals surface area contributed by atoms with Crippen LogP contribution < -0.4 is 0 Å². The number of esters is 1. The predicted octanol–water partition coefficient (Wildman–Crippen LogP) is 6.53. The highest BCUT2D eigenvalue weighted by Gasteiger charge is 2.55. The Morgan fingerprint density at radius 3 is 2.51 bits per heavy atom. The summed E-state index contributed by atoms with van der Waals surface area (Å²) in [4.78, 5) is 12.7. The lowest BCUT2D eigenvalue weighted by molar-refractivity contribution is -0.346. The summed E-state index contributed by atoms with van der Waals surface area (Å²) in [7, 11) is 0. The molecule has 0 saturated carbocycles. The molecule has 0 N–H and O–H groups in total. The fourth-order valence-electron chi connectivity index (χ4n) is 6.44. The molecule has 3 aliphatic heterocycles. The van der Waals surface area contributed by atoms with E-state index in [1.165, 1.54) is 12.8 Å². The Kier molecular flexibility index (Phi) is 8.61. The summed E-state index contributed by atoms with van der Waals surface area (Å²) >= 11 is 0. The first-order valence-electron chi connectivity index (χ1n) is 13.9. The molecule has 0 amide bonds. The molecule has 3 fully saturated rings. The van der Waals surface area contributed by atoms with Crippen molar-refractivity contribution in [3.8, 4) is 0 Å². The Morgan fingerprint density at radius 1 is 1.09 bits per heavy atom. The fourth-order valence-corrected chi connectivity index (χ4v) is 6.44. The maximum Gasteiger partial charge on any atom is 0.308 e. The van der Waals surface area contributed by atoms with E-state index in [2.05, 4.69) is 41.5 Å². The minimum atomic E-state index is -0.630. The second-order valence-electron chi connectivity index (χ2n) is 11.9. The van der Waals surface area contributed by atoms with Crippen LogP contribution in [0.1, 0.15) is 85.6 Å². The van der Waals surface area contributed by atoms with E-state index < -0.39 is 5.79 Å². The fraction of sp³-hybridized carbons (Fsp3) is 0.767. The van der Waals surface area contributed by atoms with Crippen LogP contribution >= 0.6 is 0 Å². The average molecular weight is 487 g/mol. The van der Waals surface area contributed by atoms with Gasteiger partial charge in [-0.3, -0.25) is 4.79 Å². The van der Waals surface area contributed by atoms with Crippen molar-refractivity contribution in [1.82, 2.24) is 0 Å². The normalized spacial score (nSPS) is 38.6. The van der Waals surface area contributed by atoms with Gasteiger partial charge >= 0.3 is 5.97 Å². The summed E-state index contributed by atoms with van der Waals surface area (Å²) in [6.45, 7) is 13.9. The lowest BCUT2D eigenvalue weighted by Gasteiger charge is -2.52. The highest BCUT2D eigenvalue weighted by Crippen LogP contribution is 2.49. The Hall–Kier alpha value is -1.43. The first-order valence-corrected chi connectivity index (χ1v) is 13.9. The molecule has 196 valence electrons. The van der Waals surface area contributed by atoms with Crippen molar-refractivity contribution in [2.45, 2.75) is 117 Å². The van der Waals surface area contributed by atoms with Gasteiger partial charge in [-0.2, -0.15) is 0 Å². The molecule has 3 heterocycles. The molecule has 35 heavy (non-hydrogen) atoms. The lowest BCUT2D eigenvalue weighted by atomic mass is 9.76. The molecule has 10 atom stereocenters. The van der Waals surface area contributed by atoms with E-state index in [-0.39, 0.29) is 42.7 Å². The first kappa shape index (κ1) is 26.6. The molecule has 1 aromatic rings. The Balaban J connectivity index is 1.38. The van der Waals surface area contributed by atoms with Gasteiger partial charge in [0.15, 0.2) is 5.79 Å². The zero-order valence-corrected chi connectivity index (χ0v) is 22.6. The Bertz CT molecular complexity index is 827. The van der Waals surface area contributed by atoms with Gasteiger partial charge in [0.2, 0.25) is 0 Å². The highest BCUT2D eigenvalue weighted by atomic mass is 16.7. The van der Waals surface area contributed by atoms with Crippen LogP contribution in [0.3, 0.4) is 0 Å². The van der Waals surface area contributed by atoms with Crippen molar-refractivity contribution >= 4 is 5.97 Å². The van der Waals surface area contributed by atoms with Gasteiger partial charge in [-0.25, -0.2) is 0 Å². The monoisotopic (exact) mass is 486 g/mol. The van der Waals surface area contributed by atoms with E-state index in [0.29, 0.717) is 30.3 Å². The molecule has 5 nitrogen and oxygen atoms in total. The van der Waals surface area contributed by atoms with E-state index in [1.807, 2.05) is 30.3 Å². The summed E-state index contributed by atoms with van der Waals surface area (Å²) < 4.78 is 25.6. The van der Waals surface area contributed by atoms with Crippen LogP contribution in [0, 0.1) is 29.6 Å². The second-order valence-corrected chi connectivity index (χ2v) is 11.9. The number of fused-ring (bicyclic) bond motifs is 1. The van der Waals surface area contributed by atoms with Crippen LogP contribution in [0.2, 0.25) is 0 Å². The number of carbonyl (C=O) groups excluding carboxylic acids is 1. The van der Waals surface area contributed by atoms with Gasteiger partial charge in [0, 0.05) is 19.3 Å². The number of rotatable bonds is 8. The van der Waals surface area contributed by atoms with Crippen molar-refractivity contribution in [1.29, 1.82) is 0 Å². The molecule has 3 aliphatic rings. The van der Waals surface area contributed by atoms with Gasteiger partial charge < -0.3 is 18.9 Å². The number of hydrogen-bond donors (Lipinski definition) is 0. The van der Waals surface area contributed by atoms with Crippen molar-refractivity contribution < 1.29 is 23.7 Å². The minimum absolute atomic E-state index is 0.0643. The van der Waals surface area contributed by atoms with Crippen LogP contribution in [0.25, 0.3) is 0 Å². The van der Waals surface area contributed by atoms with Gasteiger partial charge in [-0.05, 0) is 41.6 Å². The summed E-state index contributed by atoms with van der Waals surface area (Å²) in [6.07, 6.45) is 5.53. The van der Waals surface area contributed by atoms with Crippen LogP contribution in [0.4, 0.5) is 0 Å². The summed E-state index contributed by atoms with van der Waals surface area (Å²) in [5.41, 5.74) is 0.997. The molecular weight excluding hydrogens is 440 g/mol. The van der Waals surface area contributed by atoms with Crippen molar-refractivity contribution in [3.63, 3.8) is 0 Å². The number of hydrogen-bond acceptors (Lipinski definition) is 5. The van der Waals surface area contributed by atoms with E-state index >= 15 is 0 Å². The lowest BCUT2D eigenvalue weighted by Crippen LogP contribution is -2.57. The van der Waals surface area contributed by atoms with Crippen molar-refractivity contribution in [2.75, 3.05) is 0 Å².